The lowest BCUT2D eigenvalue weighted by atomic mass is 9.97. The van der Waals surface area contributed by atoms with E-state index in [0.29, 0.717) is 12.8 Å². The summed E-state index contributed by atoms with van der Waals surface area (Å²) < 4.78 is 0. The van der Waals surface area contributed by atoms with E-state index in [-0.39, 0.29) is 11.7 Å². The van der Waals surface area contributed by atoms with Crippen molar-refractivity contribution < 1.29 is 24.3 Å². The van der Waals surface area contributed by atoms with Crippen LogP contribution in [-0.4, -0.2) is 59.2 Å². The zero-order valence-corrected chi connectivity index (χ0v) is 18.0. The fourth-order valence-corrected chi connectivity index (χ4v) is 2.92. The molecule has 0 bridgehead atoms. The molecule has 4 atom stereocenters. The van der Waals surface area contributed by atoms with Crippen LogP contribution in [0.3, 0.4) is 0 Å². The summed E-state index contributed by atoms with van der Waals surface area (Å²) >= 11 is 4.05. The first kappa shape index (κ1) is 25.4. The number of nitrogens with one attached hydrogen (secondary N) is 3. The van der Waals surface area contributed by atoms with Crippen LogP contribution in [0.2, 0.25) is 0 Å². The van der Waals surface area contributed by atoms with Crippen LogP contribution in [0, 0.1) is 5.92 Å². The molecule has 0 radical (unpaired) electrons. The lowest BCUT2D eigenvalue weighted by Crippen LogP contribution is -2.58. The number of hydrogen-bond acceptors (Lipinski definition) is 6. The molecule has 30 heavy (non-hydrogen) atoms. The van der Waals surface area contributed by atoms with Gasteiger partial charge < -0.3 is 26.8 Å². The Hall–Kier alpha value is -2.59. The molecule has 3 amide bonds. The molecule has 6 N–H and O–H groups in total. The number of benzene rings is 1. The summed E-state index contributed by atoms with van der Waals surface area (Å²) in [5, 5.41) is 16.1. The Morgan fingerprint density at radius 3 is 2.23 bits per heavy atom. The molecule has 0 aliphatic carbocycles. The standard InChI is InChI=1S/C20H30N4O5S/c1-3-12(2)17(20(29)23-15(11-30)19(28)22-10-16(25)26)24-18(27)14(21)9-13-7-5-4-6-8-13/h4-8,12,14-15,17,30H,3,9-11,21H2,1-2H3,(H,22,28)(H,23,29)(H,24,27)(H,25,26). The minimum absolute atomic E-state index is 0.0358. The molecule has 4 unspecified atom stereocenters. The molecule has 9 nitrogen and oxygen atoms in total. The predicted molar refractivity (Wildman–Crippen MR) is 116 cm³/mol. The number of carbonyl (C=O) groups excluding carboxylic acids is 3. The third-order valence-corrected chi connectivity index (χ3v) is 5.02. The van der Waals surface area contributed by atoms with Crippen molar-refractivity contribution in [2.75, 3.05) is 12.3 Å². The molecule has 1 aromatic carbocycles. The third-order valence-electron chi connectivity index (χ3n) is 4.66. The van der Waals surface area contributed by atoms with Gasteiger partial charge in [0.15, 0.2) is 0 Å². The second kappa shape index (κ2) is 12.9. The van der Waals surface area contributed by atoms with Gasteiger partial charge in [-0.25, -0.2) is 0 Å². The average Bonchev–Trinajstić information content (AvgIpc) is 2.73. The molecule has 1 aromatic rings. The first-order chi connectivity index (χ1) is 14.2. The molecular formula is C20H30N4O5S. The van der Waals surface area contributed by atoms with Crippen molar-refractivity contribution in [2.24, 2.45) is 11.7 Å². The lowest BCUT2D eigenvalue weighted by Gasteiger charge is -2.27. The summed E-state index contributed by atoms with van der Waals surface area (Å²) in [4.78, 5) is 48.0. The smallest absolute Gasteiger partial charge is 0.322 e. The monoisotopic (exact) mass is 438 g/mol. The average molecular weight is 439 g/mol. The molecule has 166 valence electrons. The quantitative estimate of drug-likeness (QED) is 0.247. The van der Waals surface area contributed by atoms with Crippen molar-refractivity contribution in [1.29, 1.82) is 0 Å². The van der Waals surface area contributed by atoms with Crippen LogP contribution in [-0.2, 0) is 25.6 Å². The summed E-state index contributed by atoms with van der Waals surface area (Å²) in [6.07, 6.45) is 0.918. The number of hydrogen-bond donors (Lipinski definition) is 6. The SMILES string of the molecule is CCC(C)C(NC(=O)C(N)Cc1ccccc1)C(=O)NC(CS)C(=O)NCC(=O)O. The van der Waals surface area contributed by atoms with E-state index >= 15 is 0 Å². The molecule has 0 aliphatic rings. The molecule has 10 heteroatoms. The van der Waals surface area contributed by atoms with Crippen molar-refractivity contribution in [2.45, 2.75) is 44.8 Å². The highest BCUT2D eigenvalue weighted by atomic mass is 32.1. The molecular weight excluding hydrogens is 408 g/mol. The van der Waals surface area contributed by atoms with Gasteiger partial charge >= 0.3 is 5.97 Å². The second-order valence-corrected chi connectivity index (χ2v) is 7.39. The van der Waals surface area contributed by atoms with E-state index in [9.17, 15) is 19.2 Å². The van der Waals surface area contributed by atoms with Crippen LogP contribution >= 0.6 is 12.6 Å². The van der Waals surface area contributed by atoms with Crippen molar-refractivity contribution in [3.05, 3.63) is 35.9 Å². The van der Waals surface area contributed by atoms with Gasteiger partial charge in [-0.1, -0.05) is 50.6 Å². The maximum absolute atomic E-state index is 12.8. The zero-order chi connectivity index (χ0) is 22.7. The number of amides is 3. The fraction of sp³-hybridized carbons (Fsp3) is 0.500. The molecule has 0 spiro atoms. The highest BCUT2D eigenvalue weighted by Crippen LogP contribution is 2.10. The number of nitrogens with two attached hydrogens (primary N) is 1. The summed E-state index contributed by atoms with van der Waals surface area (Å²) in [6, 6.07) is 6.50. The van der Waals surface area contributed by atoms with E-state index in [1.54, 1.807) is 6.92 Å². The van der Waals surface area contributed by atoms with Gasteiger partial charge in [0.25, 0.3) is 0 Å². The second-order valence-electron chi connectivity index (χ2n) is 7.02. The van der Waals surface area contributed by atoms with Crippen molar-refractivity contribution in [1.82, 2.24) is 16.0 Å². The number of thiol groups is 1. The maximum Gasteiger partial charge on any atom is 0.322 e. The summed E-state index contributed by atoms with van der Waals surface area (Å²) in [6.45, 7) is 3.10. The summed E-state index contributed by atoms with van der Waals surface area (Å²) in [5.41, 5.74) is 6.91. The van der Waals surface area contributed by atoms with Gasteiger partial charge in [0.2, 0.25) is 17.7 Å². The number of aliphatic carboxylic acids is 1. The molecule has 1 rings (SSSR count). The summed E-state index contributed by atoms with van der Waals surface area (Å²) in [7, 11) is 0. The predicted octanol–water partition coefficient (Wildman–Crippen LogP) is -0.297. The Bertz CT molecular complexity index is 731. The zero-order valence-electron chi connectivity index (χ0n) is 17.1. The minimum Gasteiger partial charge on any atom is -0.480 e. The third kappa shape index (κ3) is 8.42. The van der Waals surface area contributed by atoms with Crippen LogP contribution in [0.15, 0.2) is 30.3 Å². The summed E-state index contributed by atoms with van der Waals surface area (Å²) in [5.74, 6) is -3.17. The van der Waals surface area contributed by atoms with E-state index in [2.05, 4.69) is 28.6 Å². The van der Waals surface area contributed by atoms with Crippen LogP contribution < -0.4 is 21.7 Å². The molecule has 0 heterocycles. The minimum atomic E-state index is -1.20. The van der Waals surface area contributed by atoms with Gasteiger partial charge in [-0.3, -0.25) is 19.2 Å². The first-order valence-electron chi connectivity index (χ1n) is 9.70. The first-order valence-corrected chi connectivity index (χ1v) is 10.3. The van der Waals surface area contributed by atoms with Crippen molar-refractivity contribution in [3.63, 3.8) is 0 Å². The number of carboxylic acids is 1. The van der Waals surface area contributed by atoms with E-state index in [1.165, 1.54) is 0 Å². The van der Waals surface area contributed by atoms with E-state index in [4.69, 9.17) is 10.8 Å². The van der Waals surface area contributed by atoms with Crippen LogP contribution in [0.25, 0.3) is 0 Å². The number of rotatable bonds is 12. The fourth-order valence-electron chi connectivity index (χ4n) is 2.66. The highest BCUT2D eigenvalue weighted by Gasteiger charge is 2.30. The number of carboxylic acid groups (broad SMARTS) is 1. The molecule has 0 saturated carbocycles. The number of carbonyl (C=O) groups is 4. The van der Waals surface area contributed by atoms with Crippen molar-refractivity contribution in [3.8, 4) is 0 Å². The normalized spacial score (nSPS) is 14.7. The van der Waals surface area contributed by atoms with Crippen LogP contribution in [0.4, 0.5) is 0 Å². The Kier molecular flexibility index (Phi) is 10.9. The largest absolute Gasteiger partial charge is 0.480 e. The van der Waals surface area contributed by atoms with Gasteiger partial charge in [0.1, 0.15) is 18.6 Å². The lowest BCUT2D eigenvalue weighted by molar-refractivity contribution is -0.138. The molecule has 0 fully saturated rings. The Morgan fingerprint density at radius 2 is 1.70 bits per heavy atom. The van der Waals surface area contributed by atoms with Gasteiger partial charge in [-0.2, -0.15) is 12.6 Å². The van der Waals surface area contributed by atoms with E-state index in [1.807, 2.05) is 37.3 Å². The molecule has 0 aliphatic heterocycles. The van der Waals surface area contributed by atoms with Gasteiger partial charge in [-0.05, 0) is 17.9 Å². The highest BCUT2D eigenvalue weighted by molar-refractivity contribution is 7.80. The maximum atomic E-state index is 12.8. The van der Waals surface area contributed by atoms with E-state index < -0.39 is 48.4 Å². The van der Waals surface area contributed by atoms with Gasteiger partial charge in [-0.15, -0.1) is 0 Å². The van der Waals surface area contributed by atoms with Gasteiger partial charge in [0.05, 0.1) is 6.04 Å². The molecule has 0 saturated heterocycles. The Balaban J connectivity index is 2.79. The van der Waals surface area contributed by atoms with Crippen LogP contribution in [0.1, 0.15) is 25.8 Å². The topological polar surface area (TPSA) is 151 Å². The Labute approximate surface area is 181 Å². The van der Waals surface area contributed by atoms with Crippen molar-refractivity contribution >= 4 is 36.3 Å². The van der Waals surface area contributed by atoms with Gasteiger partial charge in [0, 0.05) is 5.75 Å². The van der Waals surface area contributed by atoms with E-state index in [0.717, 1.165) is 5.56 Å². The van der Waals surface area contributed by atoms with Crippen LogP contribution in [0.5, 0.6) is 0 Å². The Morgan fingerprint density at radius 1 is 1.07 bits per heavy atom. The molecule has 0 aromatic heterocycles.